The van der Waals surface area contributed by atoms with Crippen LogP contribution < -0.4 is 10.6 Å². The molecule has 0 fully saturated rings. The van der Waals surface area contributed by atoms with Crippen LogP contribution in [0.1, 0.15) is 0 Å². The molecular weight excluding hydrogens is 411 g/mol. The Morgan fingerprint density at radius 1 is 0.862 bits per heavy atom. The van der Waals surface area contributed by atoms with Gasteiger partial charge in [0.25, 0.3) is 0 Å². The van der Waals surface area contributed by atoms with Crippen molar-refractivity contribution in [2.45, 2.75) is 0 Å². The van der Waals surface area contributed by atoms with E-state index in [1.54, 1.807) is 30.3 Å². The number of H-pyrrole nitrogens is 1. The number of nitrogens with zero attached hydrogens (tertiary/aromatic N) is 3. The van der Waals surface area contributed by atoms with Crippen molar-refractivity contribution >= 4 is 40.6 Å². The van der Waals surface area contributed by atoms with E-state index in [4.69, 9.17) is 23.2 Å². The van der Waals surface area contributed by atoms with Gasteiger partial charge in [-0.3, -0.25) is 0 Å². The minimum atomic E-state index is -0.443. The van der Waals surface area contributed by atoms with Gasteiger partial charge in [-0.15, -0.1) is 10.2 Å². The maximum absolute atomic E-state index is 12.5. The van der Waals surface area contributed by atoms with Crippen LogP contribution >= 0.6 is 23.2 Å². The first-order valence-electron chi connectivity index (χ1n) is 8.56. The number of hydrogen-bond acceptors (Lipinski definition) is 4. The maximum atomic E-state index is 12.5. The van der Waals surface area contributed by atoms with Crippen LogP contribution in [0.15, 0.2) is 66.7 Å². The number of halogens is 2. The molecular formula is C20H14Cl2N6O. The summed E-state index contributed by atoms with van der Waals surface area (Å²) in [5.74, 6) is 0.355. The van der Waals surface area contributed by atoms with Crippen LogP contribution in [0, 0.1) is 0 Å². The zero-order valence-corrected chi connectivity index (χ0v) is 16.4. The van der Waals surface area contributed by atoms with Crippen molar-refractivity contribution in [3.05, 3.63) is 76.8 Å². The van der Waals surface area contributed by atoms with Crippen LogP contribution in [0.5, 0.6) is 0 Å². The standard InChI is InChI=1S/C20H14Cl2N6O/c21-14-8-5-12(6-9-14)13-7-10-17(15(11-13)19-25-27-28-26-19)23-20(29)24-18-4-2-1-3-16(18)22/h1-11H,(H2,23,24,29)(H,25,26,27,28). The van der Waals surface area contributed by atoms with Crippen LogP contribution in [0.2, 0.25) is 10.0 Å². The SMILES string of the molecule is O=C(Nc1ccccc1Cl)Nc1ccc(-c2ccc(Cl)cc2)cc1-c1nn[nH]n1. The lowest BCUT2D eigenvalue weighted by Crippen LogP contribution is -2.20. The summed E-state index contributed by atoms with van der Waals surface area (Å²) in [6, 6.07) is 19.5. The highest BCUT2D eigenvalue weighted by atomic mass is 35.5. The monoisotopic (exact) mass is 424 g/mol. The largest absolute Gasteiger partial charge is 0.323 e. The van der Waals surface area contributed by atoms with Crippen molar-refractivity contribution in [1.29, 1.82) is 0 Å². The first kappa shape index (κ1) is 18.9. The topological polar surface area (TPSA) is 95.6 Å². The Kier molecular flexibility index (Phi) is 5.41. The molecule has 0 aliphatic carbocycles. The average molecular weight is 425 g/mol. The molecule has 0 bridgehead atoms. The number of nitrogens with one attached hydrogen (secondary N) is 3. The summed E-state index contributed by atoms with van der Waals surface area (Å²) in [5.41, 5.74) is 3.52. The maximum Gasteiger partial charge on any atom is 0.323 e. The van der Waals surface area contributed by atoms with Gasteiger partial charge in [0.05, 0.1) is 16.4 Å². The number of para-hydroxylation sites is 1. The molecule has 29 heavy (non-hydrogen) atoms. The van der Waals surface area contributed by atoms with Gasteiger partial charge in [-0.2, -0.15) is 5.21 Å². The summed E-state index contributed by atoms with van der Waals surface area (Å²) in [4.78, 5) is 12.5. The summed E-state index contributed by atoms with van der Waals surface area (Å²) >= 11 is 12.1. The predicted molar refractivity (Wildman–Crippen MR) is 114 cm³/mol. The van der Waals surface area contributed by atoms with Gasteiger partial charge in [0.2, 0.25) is 5.82 Å². The van der Waals surface area contributed by atoms with E-state index in [1.165, 1.54) is 0 Å². The van der Waals surface area contributed by atoms with Gasteiger partial charge in [-0.1, -0.05) is 53.5 Å². The van der Waals surface area contributed by atoms with Crippen LogP contribution in [-0.2, 0) is 0 Å². The van der Waals surface area contributed by atoms with Gasteiger partial charge in [0.15, 0.2) is 0 Å². The molecule has 3 N–H and O–H groups in total. The van der Waals surface area contributed by atoms with E-state index < -0.39 is 6.03 Å². The van der Waals surface area contributed by atoms with E-state index in [9.17, 15) is 4.79 Å². The molecule has 0 aliphatic rings. The van der Waals surface area contributed by atoms with Gasteiger partial charge >= 0.3 is 6.03 Å². The fourth-order valence-corrected chi connectivity index (χ4v) is 3.08. The molecule has 0 saturated heterocycles. The Bertz CT molecular complexity index is 1150. The first-order valence-corrected chi connectivity index (χ1v) is 9.32. The second kappa shape index (κ2) is 8.30. The lowest BCUT2D eigenvalue weighted by atomic mass is 10.0. The van der Waals surface area contributed by atoms with E-state index >= 15 is 0 Å². The number of benzene rings is 3. The Balaban J connectivity index is 1.65. The third-order valence-corrected chi connectivity index (χ3v) is 4.74. The highest BCUT2D eigenvalue weighted by molar-refractivity contribution is 6.33. The smallest absolute Gasteiger partial charge is 0.307 e. The molecule has 0 unspecified atom stereocenters. The first-order chi connectivity index (χ1) is 14.1. The van der Waals surface area contributed by atoms with Gasteiger partial charge in [0, 0.05) is 10.6 Å². The number of tetrazole rings is 1. The molecule has 3 aromatic carbocycles. The number of amides is 2. The summed E-state index contributed by atoms with van der Waals surface area (Å²) in [5, 5.41) is 20.8. The number of aromatic amines is 1. The van der Waals surface area contributed by atoms with Crippen LogP contribution in [0.4, 0.5) is 16.2 Å². The van der Waals surface area contributed by atoms with E-state index in [1.807, 2.05) is 36.4 Å². The Hall–Kier alpha value is -3.42. The second-order valence-electron chi connectivity index (χ2n) is 6.06. The Morgan fingerprint density at radius 2 is 1.59 bits per heavy atom. The number of anilines is 2. The van der Waals surface area contributed by atoms with Crippen molar-refractivity contribution in [2.24, 2.45) is 0 Å². The van der Waals surface area contributed by atoms with Gasteiger partial charge in [-0.05, 0) is 52.7 Å². The van der Waals surface area contributed by atoms with E-state index in [0.717, 1.165) is 11.1 Å². The van der Waals surface area contributed by atoms with Crippen molar-refractivity contribution in [2.75, 3.05) is 10.6 Å². The van der Waals surface area contributed by atoms with E-state index in [-0.39, 0.29) is 0 Å². The number of carbonyl (C=O) groups excluding carboxylic acids is 1. The third kappa shape index (κ3) is 4.37. The normalized spacial score (nSPS) is 10.6. The number of urea groups is 1. The molecule has 2 amide bonds. The van der Waals surface area contributed by atoms with Crippen molar-refractivity contribution in [3.8, 4) is 22.5 Å². The fourth-order valence-electron chi connectivity index (χ4n) is 2.77. The molecule has 144 valence electrons. The minimum Gasteiger partial charge on any atom is -0.307 e. The van der Waals surface area contributed by atoms with Crippen molar-refractivity contribution < 1.29 is 4.79 Å². The van der Waals surface area contributed by atoms with Gasteiger partial charge < -0.3 is 10.6 Å². The summed E-state index contributed by atoms with van der Waals surface area (Å²) in [6.45, 7) is 0. The molecule has 1 heterocycles. The lowest BCUT2D eigenvalue weighted by Gasteiger charge is -2.13. The fraction of sp³-hybridized carbons (Fsp3) is 0. The van der Waals surface area contributed by atoms with Crippen molar-refractivity contribution in [3.63, 3.8) is 0 Å². The molecule has 0 aliphatic heterocycles. The molecule has 0 atom stereocenters. The Labute approximate surface area is 176 Å². The summed E-state index contributed by atoms with van der Waals surface area (Å²) < 4.78 is 0. The minimum absolute atomic E-state index is 0.355. The molecule has 0 spiro atoms. The number of hydrogen-bond donors (Lipinski definition) is 3. The molecule has 1 aromatic heterocycles. The van der Waals surface area contributed by atoms with Crippen LogP contribution in [0.25, 0.3) is 22.5 Å². The van der Waals surface area contributed by atoms with Crippen molar-refractivity contribution in [1.82, 2.24) is 20.6 Å². The van der Waals surface area contributed by atoms with Gasteiger partial charge in [-0.25, -0.2) is 4.79 Å². The predicted octanol–water partition coefficient (Wildman–Crippen LogP) is 5.48. The Morgan fingerprint density at radius 3 is 2.31 bits per heavy atom. The van der Waals surface area contributed by atoms with E-state index in [2.05, 4.69) is 31.3 Å². The molecule has 0 saturated carbocycles. The van der Waals surface area contributed by atoms with Gasteiger partial charge in [0.1, 0.15) is 0 Å². The summed E-state index contributed by atoms with van der Waals surface area (Å²) in [7, 11) is 0. The molecule has 4 aromatic rings. The zero-order valence-electron chi connectivity index (χ0n) is 14.9. The zero-order chi connectivity index (χ0) is 20.2. The third-order valence-electron chi connectivity index (χ3n) is 4.15. The molecule has 4 rings (SSSR count). The van der Waals surface area contributed by atoms with Crippen LogP contribution in [-0.4, -0.2) is 26.7 Å². The quantitative estimate of drug-likeness (QED) is 0.403. The van der Waals surface area contributed by atoms with E-state index in [0.29, 0.717) is 32.8 Å². The lowest BCUT2D eigenvalue weighted by molar-refractivity contribution is 0.262. The highest BCUT2D eigenvalue weighted by Crippen LogP contribution is 2.31. The van der Waals surface area contributed by atoms with Crippen LogP contribution in [0.3, 0.4) is 0 Å². The number of aromatic nitrogens is 4. The number of carbonyl (C=O) groups is 1. The average Bonchev–Trinajstić information content (AvgIpc) is 3.25. The molecule has 9 heteroatoms. The highest BCUT2D eigenvalue weighted by Gasteiger charge is 2.14. The molecule has 0 radical (unpaired) electrons. The second-order valence-corrected chi connectivity index (χ2v) is 6.91. The number of rotatable bonds is 4. The summed E-state index contributed by atoms with van der Waals surface area (Å²) in [6.07, 6.45) is 0. The molecule has 7 nitrogen and oxygen atoms in total.